The number of phenols is 2. The van der Waals surface area contributed by atoms with E-state index in [4.69, 9.17) is 4.74 Å². The second-order valence-corrected chi connectivity index (χ2v) is 4.45. The van der Waals surface area contributed by atoms with E-state index in [1.165, 1.54) is 6.07 Å². The molecule has 0 atom stereocenters. The van der Waals surface area contributed by atoms with Gasteiger partial charge in [0.05, 0.1) is 6.61 Å². The first-order valence-electron chi connectivity index (χ1n) is 5.62. The van der Waals surface area contributed by atoms with Crippen LogP contribution in [-0.4, -0.2) is 22.8 Å². The number of esters is 1. The van der Waals surface area contributed by atoms with Crippen LogP contribution in [0, 0.1) is 12.8 Å². The summed E-state index contributed by atoms with van der Waals surface area (Å²) < 4.78 is 5.00. The van der Waals surface area contributed by atoms with Crippen molar-refractivity contribution < 1.29 is 19.7 Å². The van der Waals surface area contributed by atoms with Crippen LogP contribution in [0.25, 0.3) is 0 Å². The molecule has 0 aliphatic heterocycles. The van der Waals surface area contributed by atoms with Crippen molar-refractivity contribution in [2.75, 3.05) is 6.61 Å². The van der Waals surface area contributed by atoms with Gasteiger partial charge in [0.25, 0.3) is 0 Å². The average Bonchev–Trinajstić information content (AvgIpc) is 2.25. The third-order valence-corrected chi connectivity index (χ3v) is 2.50. The van der Waals surface area contributed by atoms with Gasteiger partial charge in [0, 0.05) is 0 Å². The molecule has 0 radical (unpaired) electrons. The number of hydrogen-bond acceptors (Lipinski definition) is 4. The summed E-state index contributed by atoms with van der Waals surface area (Å²) in [6.45, 7) is 6.01. The molecule has 94 valence electrons. The second-order valence-electron chi connectivity index (χ2n) is 4.45. The van der Waals surface area contributed by atoms with Gasteiger partial charge in [0.2, 0.25) is 0 Å². The summed E-state index contributed by atoms with van der Waals surface area (Å²) in [6.07, 6.45) is 0.768. The number of carbonyl (C=O) groups excluding carboxylic acids is 1. The summed E-state index contributed by atoms with van der Waals surface area (Å²) in [4.78, 5) is 11.6. The van der Waals surface area contributed by atoms with E-state index in [1.807, 2.05) is 13.8 Å². The van der Waals surface area contributed by atoms with Crippen LogP contribution in [0.5, 0.6) is 11.5 Å². The van der Waals surface area contributed by atoms with E-state index in [-0.39, 0.29) is 11.3 Å². The first-order valence-corrected chi connectivity index (χ1v) is 5.62. The lowest BCUT2D eigenvalue weighted by Crippen LogP contribution is -2.08. The Morgan fingerprint density at radius 1 is 1.29 bits per heavy atom. The van der Waals surface area contributed by atoms with Crippen molar-refractivity contribution in [3.63, 3.8) is 0 Å². The monoisotopic (exact) mass is 238 g/mol. The number of benzene rings is 1. The molecule has 0 heterocycles. The van der Waals surface area contributed by atoms with Crippen molar-refractivity contribution in [2.45, 2.75) is 27.2 Å². The van der Waals surface area contributed by atoms with Crippen LogP contribution >= 0.6 is 0 Å². The zero-order chi connectivity index (χ0) is 13.0. The minimum absolute atomic E-state index is 0.00291. The number of aromatic hydroxyl groups is 2. The zero-order valence-corrected chi connectivity index (χ0v) is 10.4. The minimum Gasteiger partial charge on any atom is -0.504 e. The number of hydrogen-bond donors (Lipinski definition) is 2. The van der Waals surface area contributed by atoms with E-state index in [9.17, 15) is 15.0 Å². The van der Waals surface area contributed by atoms with Gasteiger partial charge in [-0.1, -0.05) is 19.9 Å². The van der Waals surface area contributed by atoms with Gasteiger partial charge in [-0.3, -0.25) is 0 Å². The predicted molar refractivity (Wildman–Crippen MR) is 64.2 cm³/mol. The van der Waals surface area contributed by atoms with Gasteiger partial charge in [0.15, 0.2) is 11.5 Å². The standard InChI is InChI=1S/C13H18O4/c1-8(2)6-7-17-13(16)10-5-4-9(3)11(14)12(10)15/h4-5,8,14-15H,6-7H2,1-3H3. The SMILES string of the molecule is Cc1ccc(C(=O)OCCC(C)C)c(O)c1O. The molecule has 0 unspecified atom stereocenters. The molecule has 0 saturated carbocycles. The summed E-state index contributed by atoms with van der Waals surface area (Å²) in [6, 6.07) is 3.01. The summed E-state index contributed by atoms with van der Waals surface area (Å²) in [5.74, 6) is -0.857. The van der Waals surface area contributed by atoms with Gasteiger partial charge in [-0.05, 0) is 30.9 Å². The second kappa shape index (κ2) is 5.57. The molecule has 1 rings (SSSR count). The topological polar surface area (TPSA) is 66.8 Å². The molecule has 17 heavy (non-hydrogen) atoms. The van der Waals surface area contributed by atoms with Crippen molar-refractivity contribution in [1.29, 1.82) is 0 Å². The Morgan fingerprint density at radius 2 is 1.94 bits per heavy atom. The Balaban J connectivity index is 2.73. The van der Waals surface area contributed by atoms with Crippen LogP contribution in [0.1, 0.15) is 36.2 Å². The van der Waals surface area contributed by atoms with E-state index < -0.39 is 11.7 Å². The number of phenolic OH excluding ortho intramolecular Hbond substituents is 2. The van der Waals surface area contributed by atoms with Crippen LogP contribution < -0.4 is 0 Å². The van der Waals surface area contributed by atoms with Gasteiger partial charge in [0.1, 0.15) is 5.56 Å². The van der Waals surface area contributed by atoms with Crippen molar-refractivity contribution in [3.05, 3.63) is 23.3 Å². The molecule has 0 fully saturated rings. The van der Waals surface area contributed by atoms with E-state index in [1.54, 1.807) is 13.0 Å². The quantitative estimate of drug-likeness (QED) is 0.625. The summed E-state index contributed by atoms with van der Waals surface area (Å²) >= 11 is 0. The molecule has 0 aromatic heterocycles. The van der Waals surface area contributed by atoms with Gasteiger partial charge in [-0.2, -0.15) is 0 Å². The molecule has 4 nitrogen and oxygen atoms in total. The lowest BCUT2D eigenvalue weighted by molar-refractivity contribution is 0.0484. The third-order valence-electron chi connectivity index (χ3n) is 2.50. The predicted octanol–water partition coefficient (Wildman–Crippen LogP) is 2.61. The van der Waals surface area contributed by atoms with Gasteiger partial charge < -0.3 is 14.9 Å². The molecular formula is C13H18O4. The Morgan fingerprint density at radius 3 is 2.53 bits per heavy atom. The molecule has 1 aromatic carbocycles. The van der Waals surface area contributed by atoms with Crippen molar-refractivity contribution in [3.8, 4) is 11.5 Å². The van der Waals surface area contributed by atoms with Gasteiger partial charge >= 0.3 is 5.97 Å². The Labute approximate surface area is 101 Å². The zero-order valence-electron chi connectivity index (χ0n) is 10.4. The molecule has 0 saturated heterocycles. The average molecular weight is 238 g/mol. The highest BCUT2D eigenvalue weighted by Crippen LogP contribution is 2.32. The largest absolute Gasteiger partial charge is 0.504 e. The molecule has 0 spiro atoms. The van der Waals surface area contributed by atoms with Crippen LogP contribution in [-0.2, 0) is 4.74 Å². The highest BCUT2D eigenvalue weighted by Gasteiger charge is 2.16. The summed E-state index contributed by atoms with van der Waals surface area (Å²) in [5, 5.41) is 19.1. The fraction of sp³-hybridized carbons (Fsp3) is 0.462. The number of aryl methyl sites for hydroxylation is 1. The van der Waals surface area contributed by atoms with Crippen molar-refractivity contribution in [1.82, 2.24) is 0 Å². The Kier molecular flexibility index (Phi) is 4.37. The van der Waals surface area contributed by atoms with Crippen LogP contribution in [0.2, 0.25) is 0 Å². The Hall–Kier alpha value is -1.71. The summed E-state index contributed by atoms with van der Waals surface area (Å²) in [5.41, 5.74) is 0.512. The molecule has 4 heteroatoms. The third kappa shape index (κ3) is 3.37. The number of carbonyl (C=O) groups is 1. The fourth-order valence-electron chi connectivity index (χ4n) is 1.31. The molecule has 2 N–H and O–H groups in total. The first-order chi connectivity index (χ1) is 7.93. The molecule has 0 amide bonds. The minimum atomic E-state index is -0.613. The fourth-order valence-corrected chi connectivity index (χ4v) is 1.31. The molecular weight excluding hydrogens is 220 g/mol. The first kappa shape index (κ1) is 13.4. The number of ether oxygens (including phenoxy) is 1. The molecule has 0 bridgehead atoms. The molecule has 0 aliphatic carbocycles. The molecule has 0 aliphatic rings. The maximum atomic E-state index is 11.6. The van der Waals surface area contributed by atoms with E-state index in [0.29, 0.717) is 18.1 Å². The van der Waals surface area contributed by atoms with E-state index in [2.05, 4.69) is 0 Å². The Bertz CT molecular complexity index is 410. The van der Waals surface area contributed by atoms with Crippen molar-refractivity contribution in [2.24, 2.45) is 5.92 Å². The van der Waals surface area contributed by atoms with Crippen LogP contribution in [0.4, 0.5) is 0 Å². The lowest BCUT2D eigenvalue weighted by Gasteiger charge is -2.09. The smallest absolute Gasteiger partial charge is 0.342 e. The highest BCUT2D eigenvalue weighted by atomic mass is 16.5. The van der Waals surface area contributed by atoms with Crippen LogP contribution in [0.3, 0.4) is 0 Å². The van der Waals surface area contributed by atoms with E-state index in [0.717, 1.165) is 6.42 Å². The van der Waals surface area contributed by atoms with Crippen LogP contribution in [0.15, 0.2) is 12.1 Å². The summed E-state index contributed by atoms with van der Waals surface area (Å²) in [7, 11) is 0. The number of rotatable bonds is 4. The maximum absolute atomic E-state index is 11.6. The van der Waals surface area contributed by atoms with Crippen molar-refractivity contribution >= 4 is 5.97 Å². The maximum Gasteiger partial charge on any atom is 0.342 e. The highest BCUT2D eigenvalue weighted by molar-refractivity contribution is 5.93. The normalized spacial score (nSPS) is 10.6. The lowest BCUT2D eigenvalue weighted by atomic mass is 10.1. The van der Waals surface area contributed by atoms with Gasteiger partial charge in [-0.15, -0.1) is 0 Å². The van der Waals surface area contributed by atoms with E-state index >= 15 is 0 Å². The van der Waals surface area contributed by atoms with Gasteiger partial charge in [-0.25, -0.2) is 4.79 Å². The molecule has 1 aromatic rings.